The second-order valence-electron chi connectivity index (χ2n) is 3.89. The number of carboxylic acid groups (broad SMARTS) is 1. The quantitative estimate of drug-likeness (QED) is 0.636. The van der Waals surface area contributed by atoms with Gasteiger partial charge in [-0.2, -0.15) is 5.10 Å². The second-order valence-corrected chi connectivity index (χ2v) is 6.00. The molecule has 1 aliphatic rings. The number of amides is 1. The predicted molar refractivity (Wildman–Crippen MR) is 80.9 cm³/mol. The average Bonchev–Trinajstić information content (AvgIpc) is 2.72. The van der Waals surface area contributed by atoms with Gasteiger partial charge in [0.05, 0.1) is 12.6 Å². The third kappa shape index (κ3) is 4.17. The fourth-order valence-electron chi connectivity index (χ4n) is 1.44. The lowest BCUT2D eigenvalue weighted by Gasteiger charge is -1.97. The molecule has 0 saturated carbocycles. The van der Waals surface area contributed by atoms with Gasteiger partial charge in [-0.3, -0.25) is 9.59 Å². The van der Waals surface area contributed by atoms with Crippen LogP contribution in [0.5, 0.6) is 0 Å². The molecule has 1 heterocycles. The fraction of sp³-hybridized carbons (Fsp3) is 0.167. The van der Waals surface area contributed by atoms with Crippen LogP contribution in [0, 0.1) is 0 Å². The first kappa shape index (κ1) is 14.7. The van der Waals surface area contributed by atoms with Crippen molar-refractivity contribution in [3.63, 3.8) is 0 Å². The van der Waals surface area contributed by atoms with Crippen LogP contribution in [-0.2, 0) is 9.59 Å². The molecule has 1 aromatic carbocycles. The highest BCUT2D eigenvalue weighted by molar-refractivity contribution is 9.10. The maximum absolute atomic E-state index is 11.5. The van der Waals surface area contributed by atoms with Crippen LogP contribution in [0.3, 0.4) is 0 Å². The van der Waals surface area contributed by atoms with Crippen LogP contribution in [0.2, 0.25) is 0 Å². The van der Waals surface area contributed by atoms with Gasteiger partial charge in [-0.05, 0) is 17.7 Å². The van der Waals surface area contributed by atoms with Crippen molar-refractivity contribution in [2.24, 2.45) is 10.2 Å². The Balaban J connectivity index is 1.97. The summed E-state index contributed by atoms with van der Waals surface area (Å²) in [7, 11) is 0. The number of benzene rings is 1. The number of carboxylic acids is 1. The number of nitrogens with zero attached hydrogens (tertiary/aromatic N) is 2. The van der Waals surface area contributed by atoms with Crippen molar-refractivity contribution in [1.29, 1.82) is 0 Å². The molecule has 8 heteroatoms. The lowest BCUT2D eigenvalue weighted by molar-refractivity contribution is -0.138. The summed E-state index contributed by atoms with van der Waals surface area (Å²) >= 11 is 4.40. The van der Waals surface area contributed by atoms with Gasteiger partial charge in [0.1, 0.15) is 5.25 Å². The largest absolute Gasteiger partial charge is 0.481 e. The highest BCUT2D eigenvalue weighted by atomic mass is 79.9. The maximum Gasteiger partial charge on any atom is 0.305 e. The van der Waals surface area contributed by atoms with Crippen molar-refractivity contribution in [1.82, 2.24) is 5.32 Å². The number of carbonyl (C=O) groups is 2. The van der Waals surface area contributed by atoms with Gasteiger partial charge in [0, 0.05) is 4.47 Å². The minimum atomic E-state index is -1.02. The molecule has 1 fully saturated rings. The van der Waals surface area contributed by atoms with E-state index in [1.807, 2.05) is 24.3 Å². The van der Waals surface area contributed by atoms with Crippen LogP contribution in [-0.4, -0.2) is 33.6 Å². The highest BCUT2D eigenvalue weighted by Gasteiger charge is 2.32. The molecule has 1 unspecified atom stereocenters. The number of hydrogen-bond donors (Lipinski definition) is 2. The van der Waals surface area contributed by atoms with Crippen molar-refractivity contribution in [2.45, 2.75) is 11.7 Å². The van der Waals surface area contributed by atoms with Gasteiger partial charge >= 0.3 is 5.97 Å². The first-order valence-corrected chi connectivity index (χ1v) is 7.28. The van der Waals surface area contributed by atoms with E-state index in [9.17, 15) is 9.59 Å². The zero-order valence-electron chi connectivity index (χ0n) is 10.1. The summed E-state index contributed by atoms with van der Waals surface area (Å²) in [6.45, 7) is 0. The predicted octanol–water partition coefficient (Wildman–Crippen LogP) is 1.85. The molecule has 1 aliphatic heterocycles. The normalized spacial score (nSPS) is 20.6. The van der Waals surface area contributed by atoms with E-state index in [1.165, 1.54) is 0 Å². The minimum Gasteiger partial charge on any atom is -0.481 e. The number of hydrogen-bond acceptors (Lipinski definition) is 5. The molecule has 1 amide bonds. The molecule has 1 saturated heterocycles. The third-order valence-electron chi connectivity index (χ3n) is 2.36. The summed E-state index contributed by atoms with van der Waals surface area (Å²) in [5, 5.41) is 18.5. The van der Waals surface area contributed by atoms with Crippen LogP contribution in [0.15, 0.2) is 38.9 Å². The Bertz CT molecular complexity index is 586. The Hall–Kier alpha value is -1.67. The van der Waals surface area contributed by atoms with Crippen molar-refractivity contribution in [3.8, 4) is 0 Å². The van der Waals surface area contributed by atoms with Gasteiger partial charge in [0.2, 0.25) is 5.91 Å². The molecule has 6 nitrogen and oxygen atoms in total. The van der Waals surface area contributed by atoms with E-state index >= 15 is 0 Å². The zero-order chi connectivity index (χ0) is 14.5. The van der Waals surface area contributed by atoms with E-state index in [0.29, 0.717) is 5.17 Å². The van der Waals surface area contributed by atoms with E-state index in [4.69, 9.17) is 5.11 Å². The first-order valence-electron chi connectivity index (χ1n) is 5.60. The van der Waals surface area contributed by atoms with Crippen molar-refractivity contribution >= 4 is 51.0 Å². The number of nitrogens with one attached hydrogen (secondary N) is 1. The molecule has 0 radical (unpaired) electrons. The summed E-state index contributed by atoms with van der Waals surface area (Å²) in [6.07, 6.45) is 1.32. The molecule has 1 aromatic rings. The summed E-state index contributed by atoms with van der Waals surface area (Å²) in [5.41, 5.74) is 0.869. The van der Waals surface area contributed by atoms with Gasteiger partial charge in [-0.15, -0.1) is 5.10 Å². The van der Waals surface area contributed by atoms with Crippen molar-refractivity contribution < 1.29 is 14.7 Å². The van der Waals surface area contributed by atoms with Gasteiger partial charge in [0.25, 0.3) is 0 Å². The zero-order valence-corrected chi connectivity index (χ0v) is 12.5. The molecule has 0 spiro atoms. The monoisotopic (exact) mass is 355 g/mol. The molecule has 0 bridgehead atoms. The Labute approximate surface area is 127 Å². The van der Waals surface area contributed by atoms with Crippen LogP contribution in [0.25, 0.3) is 0 Å². The Morgan fingerprint density at radius 1 is 1.45 bits per heavy atom. The van der Waals surface area contributed by atoms with Gasteiger partial charge < -0.3 is 10.4 Å². The molecular formula is C12H10BrN3O3S. The van der Waals surface area contributed by atoms with Crippen molar-refractivity contribution in [2.75, 3.05) is 0 Å². The van der Waals surface area contributed by atoms with Crippen LogP contribution in [0.1, 0.15) is 12.0 Å². The summed E-state index contributed by atoms with van der Waals surface area (Å²) in [4.78, 5) is 22.0. The van der Waals surface area contributed by atoms with Gasteiger partial charge in [0.15, 0.2) is 5.17 Å². The van der Waals surface area contributed by atoms with Gasteiger partial charge in [-0.25, -0.2) is 0 Å². The number of rotatable bonds is 4. The molecule has 1 atom stereocenters. The minimum absolute atomic E-state index is 0.230. The van der Waals surface area contributed by atoms with Crippen molar-refractivity contribution in [3.05, 3.63) is 34.3 Å². The third-order valence-corrected chi connectivity index (χ3v) is 3.96. The molecule has 20 heavy (non-hydrogen) atoms. The smallest absolute Gasteiger partial charge is 0.305 e. The summed E-state index contributed by atoms with van der Waals surface area (Å²) in [6, 6.07) is 7.48. The van der Waals surface area contributed by atoms with Crippen LogP contribution in [0.4, 0.5) is 0 Å². The average molecular weight is 356 g/mol. The second kappa shape index (κ2) is 6.67. The Morgan fingerprint density at radius 3 is 2.80 bits per heavy atom. The molecule has 104 valence electrons. The lowest BCUT2D eigenvalue weighted by Crippen LogP contribution is -2.26. The van der Waals surface area contributed by atoms with E-state index in [1.54, 1.807) is 6.21 Å². The van der Waals surface area contributed by atoms with E-state index < -0.39 is 11.2 Å². The van der Waals surface area contributed by atoms with E-state index in [0.717, 1.165) is 21.8 Å². The lowest BCUT2D eigenvalue weighted by atomic mass is 10.2. The summed E-state index contributed by atoms with van der Waals surface area (Å²) in [5.74, 6) is -1.37. The van der Waals surface area contributed by atoms with E-state index in [-0.39, 0.29) is 12.3 Å². The SMILES string of the molecule is O=C(O)CC1S/C(=N/N=C\c2ccc(Br)cc2)NC1=O. The Kier molecular flexibility index (Phi) is 4.91. The molecule has 0 aliphatic carbocycles. The number of amidine groups is 1. The summed E-state index contributed by atoms with van der Waals surface area (Å²) < 4.78 is 0.969. The number of carbonyl (C=O) groups excluding carboxylic acids is 1. The molecular weight excluding hydrogens is 346 g/mol. The molecule has 0 aromatic heterocycles. The first-order chi connectivity index (χ1) is 9.54. The fourth-order valence-corrected chi connectivity index (χ4v) is 2.62. The molecule has 2 N–H and O–H groups in total. The van der Waals surface area contributed by atoms with E-state index in [2.05, 4.69) is 31.4 Å². The van der Waals surface area contributed by atoms with Crippen LogP contribution < -0.4 is 5.32 Å². The standard InChI is InChI=1S/C12H10BrN3O3S/c13-8-3-1-7(2-4-8)6-14-16-12-15-11(19)9(20-12)5-10(17)18/h1-4,6,9H,5H2,(H,17,18)(H,15,16,19)/b14-6-. The Morgan fingerprint density at radius 2 is 2.15 bits per heavy atom. The van der Waals surface area contributed by atoms with Gasteiger partial charge in [-0.1, -0.05) is 39.8 Å². The van der Waals surface area contributed by atoms with Crippen LogP contribution >= 0.6 is 27.7 Å². The maximum atomic E-state index is 11.5. The number of thioether (sulfide) groups is 1. The number of aliphatic carboxylic acids is 1. The topological polar surface area (TPSA) is 91.1 Å². The highest BCUT2D eigenvalue weighted by Crippen LogP contribution is 2.22. The number of halogens is 1. The molecule has 2 rings (SSSR count).